The molecule has 146 valence electrons. The van der Waals surface area contributed by atoms with E-state index in [1.54, 1.807) is 53.7 Å². The van der Waals surface area contributed by atoms with Gasteiger partial charge in [0.05, 0.1) is 10.4 Å². The van der Waals surface area contributed by atoms with Crippen LogP contribution in [0.2, 0.25) is 0 Å². The molecule has 6 heteroatoms. The van der Waals surface area contributed by atoms with Crippen LogP contribution in [0.1, 0.15) is 73.3 Å². The maximum absolute atomic E-state index is 13.2. The van der Waals surface area contributed by atoms with Gasteiger partial charge in [0, 0.05) is 0 Å². The summed E-state index contributed by atoms with van der Waals surface area (Å²) in [5, 5.41) is 0. The van der Waals surface area contributed by atoms with Crippen molar-refractivity contribution >= 4 is 16.1 Å². The normalized spacial score (nSPS) is 19.8. The molecule has 0 unspecified atom stereocenters. The Labute approximate surface area is 157 Å². The van der Waals surface area contributed by atoms with Crippen molar-refractivity contribution in [3.05, 3.63) is 29.8 Å². The number of rotatable bonds is 3. The first-order valence-electron chi connectivity index (χ1n) is 8.94. The Hall–Kier alpha value is -1.56. The van der Waals surface area contributed by atoms with Crippen molar-refractivity contribution in [2.75, 3.05) is 0 Å². The quantitative estimate of drug-likeness (QED) is 0.745. The number of carbonyl (C=O) groups excluding carboxylic acids is 1. The van der Waals surface area contributed by atoms with Gasteiger partial charge in [0.2, 0.25) is 0 Å². The van der Waals surface area contributed by atoms with Gasteiger partial charge in [-0.3, -0.25) is 0 Å². The van der Waals surface area contributed by atoms with Crippen LogP contribution in [0.25, 0.3) is 0 Å². The molecule has 1 saturated carbocycles. The Morgan fingerprint density at radius 1 is 1.08 bits per heavy atom. The van der Waals surface area contributed by atoms with Crippen LogP contribution in [0.15, 0.2) is 29.2 Å². The summed E-state index contributed by atoms with van der Waals surface area (Å²) in [6.45, 7) is 14.6. The van der Waals surface area contributed by atoms with Gasteiger partial charge in [-0.1, -0.05) is 26.0 Å². The van der Waals surface area contributed by atoms with Crippen molar-refractivity contribution in [2.24, 2.45) is 5.41 Å². The number of benzene rings is 1. The minimum atomic E-state index is -4.02. The minimum absolute atomic E-state index is 0.0977. The summed E-state index contributed by atoms with van der Waals surface area (Å²) in [7, 11) is -4.02. The van der Waals surface area contributed by atoms with Crippen LogP contribution in [0.3, 0.4) is 0 Å². The molecule has 5 nitrogen and oxygen atoms in total. The van der Waals surface area contributed by atoms with Crippen LogP contribution >= 0.6 is 0 Å². The molecular weight excluding hydrogens is 350 g/mol. The molecule has 1 aliphatic rings. The van der Waals surface area contributed by atoms with E-state index in [1.807, 2.05) is 12.1 Å². The first-order chi connectivity index (χ1) is 11.6. The fraction of sp³-hybridized carbons (Fsp3) is 0.650. The van der Waals surface area contributed by atoms with Crippen molar-refractivity contribution in [1.29, 1.82) is 0 Å². The highest BCUT2D eigenvalue weighted by Crippen LogP contribution is 2.58. The van der Waals surface area contributed by atoms with Gasteiger partial charge in [0.25, 0.3) is 10.0 Å². The van der Waals surface area contributed by atoms with Crippen LogP contribution in [-0.2, 0) is 14.8 Å². The maximum Gasteiger partial charge on any atom is 0.424 e. The fourth-order valence-electron chi connectivity index (χ4n) is 3.05. The molecule has 1 aromatic rings. The van der Waals surface area contributed by atoms with E-state index < -0.39 is 27.3 Å². The number of hydrogen-bond acceptors (Lipinski definition) is 4. The van der Waals surface area contributed by atoms with E-state index in [4.69, 9.17) is 4.74 Å². The van der Waals surface area contributed by atoms with Gasteiger partial charge in [-0.2, -0.15) is 4.31 Å². The molecule has 0 heterocycles. The maximum atomic E-state index is 13.2. The van der Waals surface area contributed by atoms with E-state index in [2.05, 4.69) is 13.8 Å². The van der Waals surface area contributed by atoms with Gasteiger partial charge in [-0.05, 0) is 77.0 Å². The first-order valence-corrected chi connectivity index (χ1v) is 10.4. The van der Waals surface area contributed by atoms with Crippen molar-refractivity contribution in [3.63, 3.8) is 0 Å². The molecule has 0 radical (unpaired) electrons. The first kappa shape index (κ1) is 20.7. The van der Waals surface area contributed by atoms with Crippen LogP contribution < -0.4 is 0 Å². The van der Waals surface area contributed by atoms with Crippen molar-refractivity contribution < 1.29 is 17.9 Å². The van der Waals surface area contributed by atoms with Crippen LogP contribution in [0.5, 0.6) is 0 Å². The largest absolute Gasteiger partial charge is 0.443 e. The topological polar surface area (TPSA) is 63.7 Å². The summed E-state index contributed by atoms with van der Waals surface area (Å²) in [4.78, 5) is 12.7. The highest BCUT2D eigenvalue weighted by Gasteiger charge is 2.46. The number of nitrogens with zero attached hydrogens (tertiary/aromatic N) is 1. The summed E-state index contributed by atoms with van der Waals surface area (Å²) in [5.74, 6) is 0.462. The standard InChI is InChI=1S/C20H31NO4S/c1-18(2,3)21(17(22)25-19(4,5)6)26(23,24)15-11-9-14(10-12-15)16-13-20(16,7)8/h9-12,16H,13H2,1-8H3/t16-/m0/s1. The van der Waals surface area contributed by atoms with Crippen LogP contribution in [-0.4, -0.2) is 30.0 Å². The predicted octanol–water partition coefficient (Wildman–Crippen LogP) is 4.92. The highest BCUT2D eigenvalue weighted by atomic mass is 32.2. The lowest BCUT2D eigenvalue weighted by molar-refractivity contribution is 0.0282. The lowest BCUT2D eigenvalue weighted by atomic mass is 10.0. The Balaban J connectivity index is 2.36. The molecule has 1 aromatic carbocycles. The SMILES string of the molecule is CC(C)(C)OC(=O)N(C(C)(C)C)S(=O)(=O)c1ccc([C@@H]2CC2(C)C)cc1. The second-order valence-corrected chi connectivity index (χ2v) is 11.5. The summed E-state index contributed by atoms with van der Waals surface area (Å²) in [6.07, 6.45) is 0.239. The predicted molar refractivity (Wildman–Crippen MR) is 103 cm³/mol. The number of sulfonamides is 1. The van der Waals surface area contributed by atoms with Gasteiger partial charge in [-0.25, -0.2) is 13.2 Å². The van der Waals surface area contributed by atoms with E-state index in [0.717, 1.165) is 16.3 Å². The average Bonchev–Trinajstić information content (AvgIpc) is 3.03. The van der Waals surface area contributed by atoms with Crippen LogP contribution in [0, 0.1) is 5.41 Å². The molecule has 0 aliphatic heterocycles. The molecule has 0 saturated heterocycles. The number of carbonyl (C=O) groups is 1. The van der Waals surface area contributed by atoms with E-state index in [1.165, 1.54) is 0 Å². The average molecular weight is 382 g/mol. The summed E-state index contributed by atoms with van der Waals surface area (Å²) >= 11 is 0. The third-order valence-corrected chi connectivity index (χ3v) is 6.55. The Morgan fingerprint density at radius 2 is 1.54 bits per heavy atom. The third kappa shape index (κ3) is 4.40. The fourth-order valence-corrected chi connectivity index (χ4v) is 4.70. The van der Waals surface area contributed by atoms with E-state index in [-0.39, 0.29) is 10.3 Å². The van der Waals surface area contributed by atoms with Crippen molar-refractivity contribution in [2.45, 2.75) is 83.8 Å². The smallest absolute Gasteiger partial charge is 0.424 e. The van der Waals surface area contributed by atoms with Gasteiger partial charge >= 0.3 is 6.09 Å². The lowest BCUT2D eigenvalue weighted by Gasteiger charge is -2.35. The summed E-state index contributed by atoms with van der Waals surface area (Å²) < 4.78 is 32.5. The summed E-state index contributed by atoms with van der Waals surface area (Å²) in [5.41, 5.74) is -0.321. The number of amides is 1. The van der Waals surface area contributed by atoms with Crippen molar-refractivity contribution in [1.82, 2.24) is 4.31 Å². The molecule has 1 fully saturated rings. The molecule has 0 spiro atoms. The lowest BCUT2D eigenvalue weighted by Crippen LogP contribution is -2.51. The molecule has 0 N–H and O–H groups in total. The Morgan fingerprint density at radius 3 is 1.88 bits per heavy atom. The second kappa shape index (κ2) is 6.25. The molecule has 2 rings (SSSR count). The zero-order chi connectivity index (χ0) is 20.1. The molecule has 0 bridgehead atoms. The van der Waals surface area contributed by atoms with Gasteiger partial charge < -0.3 is 4.74 Å². The monoisotopic (exact) mass is 381 g/mol. The van der Waals surface area contributed by atoms with E-state index in [0.29, 0.717) is 5.92 Å². The zero-order valence-corrected chi connectivity index (χ0v) is 17.9. The molecule has 1 atom stereocenters. The number of hydrogen-bond donors (Lipinski definition) is 0. The summed E-state index contributed by atoms with van der Waals surface area (Å²) in [6, 6.07) is 6.87. The second-order valence-electron chi connectivity index (χ2n) is 9.73. The molecule has 0 aromatic heterocycles. The highest BCUT2D eigenvalue weighted by molar-refractivity contribution is 7.89. The Bertz CT molecular complexity index is 781. The van der Waals surface area contributed by atoms with Gasteiger partial charge in [-0.15, -0.1) is 0 Å². The number of ether oxygens (including phenoxy) is 1. The molecule has 1 aliphatic carbocycles. The minimum Gasteiger partial charge on any atom is -0.443 e. The molecule has 26 heavy (non-hydrogen) atoms. The van der Waals surface area contributed by atoms with Crippen molar-refractivity contribution in [3.8, 4) is 0 Å². The Kier molecular flexibility index (Phi) is 4.99. The zero-order valence-electron chi connectivity index (χ0n) is 17.1. The van der Waals surface area contributed by atoms with Gasteiger partial charge in [0.15, 0.2) is 0 Å². The molecular formula is C20H31NO4S. The van der Waals surface area contributed by atoms with E-state index in [9.17, 15) is 13.2 Å². The van der Waals surface area contributed by atoms with E-state index >= 15 is 0 Å². The third-order valence-electron chi connectivity index (χ3n) is 4.50. The molecule has 1 amide bonds. The van der Waals surface area contributed by atoms with Gasteiger partial charge in [0.1, 0.15) is 5.60 Å². The van der Waals surface area contributed by atoms with Crippen LogP contribution in [0.4, 0.5) is 4.79 Å².